The summed E-state index contributed by atoms with van der Waals surface area (Å²) in [6.07, 6.45) is 6.61. The van der Waals surface area contributed by atoms with Gasteiger partial charge in [-0.2, -0.15) is 0 Å². The summed E-state index contributed by atoms with van der Waals surface area (Å²) in [5.41, 5.74) is 2.57. The lowest BCUT2D eigenvalue weighted by Gasteiger charge is -2.40. The maximum Gasteiger partial charge on any atom is 0.226 e. The maximum absolute atomic E-state index is 13.1. The molecule has 30 heavy (non-hydrogen) atoms. The highest BCUT2D eigenvalue weighted by atomic mass is 16.5. The van der Waals surface area contributed by atoms with E-state index in [2.05, 4.69) is 50.1 Å². The molecule has 2 saturated heterocycles. The average molecular weight is 411 g/mol. The summed E-state index contributed by atoms with van der Waals surface area (Å²) in [5.74, 6) is 0.695. The molecule has 1 unspecified atom stereocenters. The van der Waals surface area contributed by atoms with E-state index in [1.165, 1.54) is 22.9 Å². The SMILES string of the molecule is O=C(C1CC1)N(CCN1CCOCC1)C1CCCN(Cc2c[nH]c3ccccc23)C1. The molecule has 1 saturated carbocycles. The number of aromatic nitrogens is 1. The third-order valence-electron chi connectivity index (χ3n) is 6.96. The van der Waals surface area contributed by atoms with Crippen LogP contribution in [0.3, 0.4) is 0 Å². The molecule has 6 heteroatoms. The van der Waals surface area contributed by atoms with Crippen molar-refractivity contribution in [3.05, 3.63) is 36.0 Å². The molecule has 1 aromatic heterocycles. The largest absolute Gasteiger partial charge is 0.379 e. The van der Waals surface area contributed by atoms with E-state index in [-0.39, 0.29) is 0 Å². The van der Waals surface area contributed by atoms with Gasteiger partial charge in [0.2, 0.25) is 5.91 Å². The van der Waals surface area contributed by atoms with Crippen LogP contribution in [0.5, 0.6) is 0 Å². The quantitative estimate of drug-likeness (QED) is 0.763. The number of carbonyl (C=O) groups is 1. The monoisotopic (exact) mass is 410 g/mol. The molecule has 2 aliphatic heterocycles. The Kier molecular flexibility index (Phi) is 6.07. The first-order valence-electron chi connectivity index (χ1n) is 11.7. The minimum atomic E-state index is 0.290. The van der Waals surface area contributed by atoms with E-state index < -0.39 is 0 Å². The Bertz CT molecular complexity index is 856. The molecule has 5 rings (SSSR count). The fourth-order valence-electron chi connectivity index (χ4n) is 5.04. The second kappa shape index (κ2) is 9.08. The maximum atomic E-state index is 13.1. The minimum absolute atomic E-state index is 0.290. The first kappa shape index (κ1) is 20.0. The number of rotatable bonds is 7. The van der Waals surface area contributed by atoms with Crippen LogP contribution in [0.15, 0.2) is 30.5 Å². The number of nitrogens with one attached hydrogen (secondary N) is 1. The molecule has 2 aromatic rings. The Balaban J connectivity index is 1.24. The summed E-state index contributed by atoms with van der Waals surface area (Å²) in [6.45, 7) is 8.51. The van der Waals surface area contributed by atoms with Gasteiger partial charge in [-0.15, -0.1) is 0 Å². The lowest BCUT2D eigenvalue weighted by atomic mass is 10.0. The number of likely N-dealkylation sites (tertiary alicyclic amines) is 1. The van der Waals surface area contributed by atoms with Crippen molar-refractivity contribution in [1.29, 1.82) is 0 Å². The van der Waals surface area contributed by atoms with E-state index in [0.29, 0.717) is 17.9 Å². The zero-order valence-electron chi connectivity index (χ0n) is 17.9. The third kappa shape index (κ3) is 4.56. The van der Waals surface area contributed by atoms with Crippen LogP contribution in [-0.4, -0.2) is 84.1 Å². The number of hydrogen-bond acceptors (Lipinski definition) is 4. The summed E-state index contributed by atoms with van der Waals surface area (Å²) < 4.78 is 5.48. The van der Waals surface area contributed by atoms with Crippen molar-refractivity contribution in [2.45, 2.75) is 38.3 Å². The third-order valence-corrected chi connectivity index (χ3v) is 6.96. The number of piperidine rings is 1. The van der Waals surface area contributed by atoms with Crippen LogP contribution in [-0.2, 0) is 16.1 Å². The van der Waals surface area contributed by atoms with Crippen molar-refractivity contribution in [3.8, 4) is 0 Å². The Morgan fingerprint density at radius 1 is 1.10 bits per heavy atom. The molecule has 0 radical (unpaired) electrons. The molecule has 1 amide bonds. The van der Waals surface area contributed by atoms with E-state index in [0.717, 1.165) is 78.3 Å². The molecular formula is C24H34N4O2. The zero-order valence-corrected chi connectivity index (χ0v) is 17.9. The van der Waals surface area contributed by atoms with Crippen LogP contribution in [0, 0.1) is 5.92 Å². The highest BCUT2D eigenvalue weighted by Crippen LogP contribution is 2.33. The van der Waals surface area contributed by atoms with Crippen molar-refractivity contribution in [2.75, 3.05) is 52.5 Å². The predicted molar refractivity (Wildman–Crippen MR) is 118 cm³/mol. The number of morpholine rings is 1. The summed E-state index contributed by atoms with van der Waals surface area (Å²) in [5, 5.41) is 1.32. The Hall–Kier alpha value is -1.89. The van der Waals surface area contributed by atoms with E-state index in [9.17, 15) is 4.79 Å². The number of ether oxygens (including phenoxy) is 1. The van der Waals surface area contributed by atoms with Gasteiger partial charge in [0, 0.05) is 68.3 Å². The zero-order chi connectivity index (χ0) is 20.3. The van der Waals surface area contributed by atoms with Crippen molar-refractivity contribution in [2.24, 2.45) is 5.92 Å². The minimum Gasteiger partial charge on any atom is -0.379 e. The number of aromatic amines is 1. The lowest BCUT2D eigenvalue weighted by Crippen LogP contribution is -2.53. The number of amides is 1. The molecule has 162 valence electrons. The molecule has 1 N–H and O–H groups in total. The van der Waals surface area contributed by atoms with E-state index in [1.807, 2.05) is 0 Å². The lowest BCUT2D eigenvalue weighted by molar-refractivity contribution is -0.136. The van der Waals surface area contributed by atoms with Crippen molar-refractivity contribution < 1.29 is 9.53 Å². The highest BCUT2D eigenvalue weighted by molar-refractivity contribution is 5.83. The topological polar surface area (TPSA) is 51.8 Å². The van der Waals surface area contributed by atoms with Crippen LogP contribution in [0.25, 0.3) is 10.9 Å². The highest BCUT2D eigenvalue weighted by Gasteiger charge is 2.37. The van der Waals surface area contributed by atoms with Gasteiger partial charge >= 0.3 is 0 Å². The first-order valence-corrected chi connectivity index (χ1v) is 11.7. The summed E-state index contributed by atoms with van der Waals surface area (Å²) >= 11 is 0. The van der Waals surface area contributed by atoms with Crippen LogP contribution in [0.4, 0.5) is 0 Å². The smallest absolute Gasteiger partial charge is 0.226 e. The number of H-pyrrole nitrogens is 1. The number of benzene rings is 1. The molecule has 1 aromatic carbocycles. The van der Waals surface area contributed by atoms with Gasteiger partial charge in [0.25, 0.3) is 0 Å². The number of fused-ring (bicyclic) bond motifs is 1. The van der Waals surface area contributed by atoms with E-state index >= 15 is 0 Å². The van der Waals surface area contributed by atoms with Crippen molar-refractivity contribution >= 4 is 16.8 Å². The van der Waals surface area contributed by atoms with Gasteiger partial charge in [-0.1, -0.05) is 18.2 Å². The second-order valence-electron chi connectivity index (χ2n) is 9.15. The van der Waals surface area contributed by atoms with Gasteiger partial charge in [0.05, 0.1) is 13.2 Å². The van der Waals surface area contributed by atoms with Gasteiger partial charge in [0.15, 0.2) is 0 Å². The van der Waals surface area contributed by atoms with Crippen LogP contribution in [0.2, 0.25) is 0 Å². The van der Waals surface area contributed by atoms with Crippen LogP contribution >= 0.6 is 0 Å². The van der Waals surface area contributed by atoms with Crippen molar-refractivity contribution in [3.63, 3.8) is 0 Å². The van der Waals surface area contributed by atoms with Gasteiger partial charge in [-0.05, 0) is 43.9 Å². The molecule has 3 fully saturated rings. The van der Waals surface area contributed by atoms with Gasteiger partial charge < -0.3 is 14.6 Å². The molecule has 0 bridgehead atoms. The van der Waals surface area contributed by atoms with Crippen LogP contribution in [0.1, 0.15) is 31.2 Å². The Labute approximate surface area is 179 Å². The number of hydrogen-bond donors (Lipinski definition) is 1. The van der Waals surface area contributed by atoms with Crippen LogP contribution < -0.4 is 0 Å². The summed E-state index contributed by atoms with van der Waals surface area (Å²) in [4.78, 5) is 23.8. The molecule has 3 aliphatic rings. The fraction of sp³-hybridized carbons (Fsp3) is 0.625. The van der Waals surface area contributed by atoms with E-state index in [4.69, 9.17) is 4.74 Å². The Morgan fingerprint density at radius 2 is 1.93 bits per heavy atom. The molecule has 1 atom stereocenters. The average Bonchev–Trinajstić information content (AvgIpc) is 3.57. The molecule has 6 nitrogen and oxygen atoms in total. The van der Waals surface area contributed by atoms with Gasteiger partial charge in [0.1, 0.15) is 0 Å². The van der Waals surface area contributed by atoms with E-state index in [1.54, 1.807) is 0 Å². The molecular weight excluding hydrogens is 376 g/mol. The Morgan fingerprint density at radius 3 is 2.77 bits per heavy atom. The summed E-state index contributed by atoms with van der Waals surface area (Å²) in [7, 11) is 0. The number of nitrogens with zero attached hydrogens (tertiary/aromatic N) is 3. The normalized spacial score (nSPS) is 23.7. The fourth-order valence-corrected chi connectivity index (χ4v) is 5.04. The predicted octanol–water partition coefficient (Wildman–Crippen LogP) is 2.70. The first-order chi connectivity index (χ1) is 14.8. The molecule has 3 heterocycles. The molecule has 0 spiro atoms. The second-order valence-corrected chi connectivity index (χ2v) is 9.15. The van der Waals surface area contributed by atoms with Gasteiger partial charge in [-0.25, -0.2) is 0 Å². The summed E-state index contributed by atoms with van der Waals surface area (Å²) in [6, 6.07) is 8.88. The van der Waals surface area contributed by atoms with Crippen molar-refractivity contribution in [1.82, 2.24) is 19.7 Å². The van der Waals surface area contributed by atoms with Gasteiger partial charge in [-0.3, -0.25) is 14.6 Å². The number of carbonyl (C=O) groups excluding carboxylic acids is 1. The standard InChI is InChI=1S/C24H34N4O2/c29-24(19-7-8-19)28(11-10-26-12-14-30-15-13-26)21-4-3-9-27(18-21)17-20-16-25-23-6-2-1-5-22(20)23/h1-2,5-6,16,19,21,25H,3-4,7-15,17-18H2. The number of para-hydroxylation sites is 1. The molecule has 1 aliphatic carbocycles.